The molecule has 2 aromatic rings. The summed E-state index contributed by atoms with van der Waals surface area (Å²) in [6.45, 7) is 2.85. The van der Waals surface area contributed by atoms with E-state index in [2.05, 4.69) is 22.3 Å². The number of thioether (sulfide) groups is 1. The van der Waals surface area contributed by atoms with Crippen LogP contribution in [0.4, 0.5) is 10.5 Å². The fourth-order valence-electron chi connectivity index (χ4n) is 4.26. The highest BCUT2D eigenvalue weighted by Gasteiger charge is 2.24. The number of carbonyl (C=O) groups excluding carboxylic acids is 2. The van der Waals surface area contributed by atoms with Crippen LogP contribution in [0.5, 0.6) is 0 Å². The number of hydrogen-bond donors (Lipinski definition) is 1. The summed E-state index contributed by atoms with van der Waals surface area (Å²) < 4.78 is 0. The summed E-state index contributed by atoms with van der Waals surface area (Å²) in [5.41, 5.74) is 6.37. The Morgan fingerprint density at radius 1 is 1.07 bits per heavy atom. The van der Waals surface area contributed by atoms with Crippen molar-refractivity contribution in [2.75, 3.05) is 24.5 Å². The lowest BCUT2D eigenvalue weighted by Crippen LogP contribution is -2.34. The molecular formula is C24H26N2O2S. The van der Waals surface area contributed by atoms with Crippen LogP contribution >= 0.6 is 11.8 Å². The van der Waals surface area contributed by atoms with E-state index in [4.69, 9.17) is 0 Å². The van der Waals surface area contributed by atoms with Crippen molar-refractivity contribution in [2.45, 2.75) is 32.1 Å². The van der Waals surface area contributed by atoms with Crippen LogP contribution in [0.3, 0.4) is 0 Å². The Balaban J connectivity index is 1.41. The maximum Gasteiger partial charge on any atom is 0.283 e. The molecule has 2 heterocycles. The predicted molar refractivity (Wildman–Crippen MR) is 120 cm³/mol. The molecule has 0 atom stereocenters. The third-order valence-corrected chi connectivity index (χ3v) is 6.30. The molecule has 0 radical (unpaired) electrons. The number of allylic oxidation sites excluding steroid dienone is 1. The Bertz CT molecular complexity index is 893. The lowest BCUT2D eigenvalue weighted by atomic mass is 9.90. The summed E-state index contributed by atoms with van der Waals surface area (Å²) in [7, 11) is 0. The van der Waals surface area contributed by atoms with Crippen LogP contribution in [0.1, 0.15) is 35.1 Å². The van der Waals surface area contributed by atoms with Gasteiger partial charge in [-0.05, 0) is 84.3 Å². The maximum atomic E-state index is 12.2. The molecular weight excluding hydrogens is 380 g/mol. The Morgan fingerprint density at radius 3 is 2.41 bits per heavy atom. The van der Waals surface area contributed by atoms with Gasteiger partial charge in [0.2, 0.25) is 0 Å². The van der Waals surface area contributed by atoms with E-state index in [1.54, 1.807) is 0 Å². The van der Waals surface area contributed by atoms with Crippen LogP contribution in [0.15, 0.2) is 47.4 Å². The zero-order chi connectivity index (χ0) is 20.1. The van der Waals surface area contributed by atoms with Gasteiger partial charge in [0.15, 0.2) is 6.29 Å². The van der Waals surface area contributed by atoms with Crippen molar-refractivity contribution in [3.8, 4) is 0 Å². The highest BCUT2D eigenvalue weighted by Crippen LogP contribution is 2.36. The zero-order valence-electron chi connectivity index (χ0n) is 16.5. The molecule has 2 aliphatic rings. The summed E-state index contributed by atoms with van der Waals surface area (Å²) in [4.78, 5) is 26.8. The van der Waals surface area contributed by atoms with Crippen molar-refractivity contribution < 1.29 is 9.59 Å². The quantitative estimate of drug-likeness (QED) is 0.562. The minimum absolute atomic E-state index is 0.190. The molecule has 0 unspecified atom stereocenters. The number of aldehydes is 1. The topological polar surface area (TPSA) is 49.4 Å². The first-order valence-electron chi connectivity index (χ1n) is 10.3. The van der Waals surface area contributed by atoms with Crippen LogP contribution in [-0.4, -0.2) is 31.2 Å². The van der Waals surface area contributed by atoms with Gasteiger partial charge < -0.3 is 10.2 Å². The van der Waals surface area contributed by atoms with Crippen molar-refractivity contribution >= 4 is 35.1 Å². The second-order valence-corrected chi connectivity index (χ2v) is 8.64. The number of anilines is 1. The smallest absolute Gasteiger partial charge is 0.283 e. The predicted octanol–water partition coefficient (Wildman–Crippen LogP) is 4.61. The molecule has 0 aliphatic carbocycles. The van der Waals surface area contributed by atoms with Crippen molar-refractivity contribution in [3.63, 3.8) is 0 Å². The van der Waals surface area contributed by atoms with Gasteiger partial charge in [0, 0.05) is 25.3 Å². The number of amides is 1. The third-order valence-electron chi connectivity index (χ3n) is 5.52. The number of benzene rings is 2. The fraction of sp³-hybridized carbons (Fsp3) is 0.333. The van der Waals surface area contributed by atoms with Crippen LogP contribution in [0.2, 0.25) is 0 Å². The first-order valence-corrected chi connectivity index (χ1v) is 11.1. The van der Waals surface area contributed by atoms with E-state index < -0.39 is 0 Å². The molecule has 2 aromatic carbocycles. The summed E-state index contributed by atoms with van der Waals surface area (Å²) in [5.74, 6) is 0. The molecule has 29 heavy (non-hydrogen) atoms. The molecule has 0 saturated carbocycles. The Labute approximate surface area is 176 Å². The number of carbonyl (C=O) groups is 2. The van der Waals surface area contributed by atoms with E-state index >= 15 is 0 Å². The van der Waals surface area contributed by atoms with Crippen LogP contribution in [0, 0.1) is 0 Å². The largest absolute Gasteiger partial charge is 0.371 e. The molecule has 0 fully saturated rings. The number of rotatable bonds is 6. The van der Waals surface area contributed by atoms with Gasteiger partial charge in [-0.15, -0.1) is 0 Å². The van der Waals surface area contributed by atoms with Gasteiger partial charge in [0.05, 0.1) is 4.91 Å². The van der Waals surface area contributed by atoms with E-state index in [-0.39, 0.29) is 5.24 Å². The van der Waals surface area contributed by atoms with Crippen molar-refractivity contribution in [3.05, 3.63) is 69.6 Å². The Morgan fingerprint density at radius 2 is 1.76 bits per heavy atom. The molecule has 1 N–H and O–H groups in total. The highest BCUT2D eigenvalue weighted by molar-refractivity contribution is 8.17. The zero-order valence-corrected chi connectivity index (χ0v) is 17.3. The van der Waals surface area contributed by atoms with Crippen molar-refractivity contribution in [1.29, 1.82) is 0 Å². The molecule has 0 spiro atoms. The van der Waals surface area contributed by atoms with E-state index in [1.807, 2.05) is 36.4 Å². The van der Waals surface area contributed by atoms with Gasteiger partial charge in [0.1, 0.15) is 0 Å². The number of aryl methyl sites for hydroxylation is 2. The van der Waals surface area contributed by atoms with Gasteiger partial charge in [0.25, 0.3) is 5.24 Å². The van der Waals surface area contributed by atoms with Gasteiger partial charge in [-0.2, -0.15) is 0 Å². The van der Waals surface area contributed by atoms with Gasteiger partial charge in [-0.3, -0.25) is 9.59 Å². The van der Waals surface area contributed by atoms with Crippen molar-refractivity contribution in [2.24, 2.45) is 0 Å². The normalized spacial score (nSPS) is 15.6. The Hall–Kier alpha value is -2.53. The first kappa shape index (κ1) is 19.8. The maximum absolute atomic E-state index is 12.2. The fourth-order valence-corrected chi connectivity index (χ4v) is 4.89. The van der Waals surface area contributed by atoms with Crippen LogP contribution < -0.4 is 10.2 Å². The monoisotopic (exact) mass is 406 g/mol. The second-order valence-electron chi connectivity index (χ2n) is 7.60. The SMILES string of the molecule is O=C/C(=C\c1cc2c3c(c1)CCCN3CCC2)SC(=O)NCCc1ccccc1. The average Bonchev–Trinajstić information content (AvgIpc) is 2.74. The first-order chi connectivity index (χ1) is 14.2. The summed E-state index contributed by atoms with van der Waals surface area (Å²) in [6, 6.07) is 14.4. The van der Waals surface area contributed by atoms with E-state index in [9.17, 15) is 9.59 Å². The highest BCUT2D eigenvalue weighted by atomic mass is 32.2. The van der Waals surface area contributed by atoms with Gasteiger partial charge in [-0.25, -0.2) is 0 Å². The minimum atomic E-state index is -0.190. The van der Waals surface area contributed by atoms with Gasteiger partial charge in [-0.1, -0.05) is 30.3 Å². The lowest BCUT2D eigenvalue weighted by molar-refractivity contribution is -0.104. The second kappa shape index (κ2) is 9.31. The van der Waals surface area contributed by atoms with E-state index in [0.717, 1.165) is 56.0 Å². The molecule has 150 valence electrons. The average molecular weight is 407 g/mol. The lowest BCUT2D eigenvalue weighted by Gasteiger charge is -2.37. The molecule has 4 nitrogen and oxygen atoms in total. The van der Waals surface area contributed by atoms with Crippen molar-refractivity contribution in [1.82, 2.24) is 5.32 Å². The van der Waals surface area contributed by atoms with E-state index in [1.165, 1.54) is 35.2 Å². The summed E-state index contributed by atoms with van der Waals surface area (Å²) >= 11 is 0.973. The molecule has 0 saturated heterocycles. The Kier molecular flexibility index (Phi) is 6.35. The summed E-state index contributed by atoms with van der Waals surface area (Å²) in [6.07, 6.45) is 7.93. The standard InChI is InChI=1S/C24H26N2O2S/c27-17-22(29-24(28)25-11-10-18-6-2-1-3-7-18)16-19-14-20-8-4-12-26-13-5-9-21(15-19)23(20)26/h1-3,6-7,14-17H,4-5,8-13H2,(H,25,28)/b22-16+. The molecule has 4 rings (SSSR count). The van der Waals surface area contributed by atoms with Gasteiger partial charge >= 0.3 is 0 Å². The minimum Gasteiger partial charge on any atom is -0.371 e. The number of hydrogen-bond acceptors (Lipinski definition) is 4. The molecule has 1 amide bonds. The van der Waals surface area contributed by atoms with E-state index in [0.29, 0.717) is 11.4 Å². The van der Waals surface area contributed by atoms with Crippen LogP contribution in [0.25, 0.3) is 6.08 Å². The molecule has 2 aliphatic heterocycles. The molecule has 0 bridgehead atoms. The molecule has 0 aromatic heterocycles. The number of nitrogens with zero attached hydrogens (tertiary/aromatic N) is 1. The summed E-state index contributed by atoms with van der Waals surface area (Å²) in [5, 5.41) is 2.70. The third kappa shape index (κ3) is 4.91. The van der Waals surface area contributed by atoms with Crippen LogP contribution in [-0.2, 0) is 24.1 Å². The molecule has 5 heteroatoms. The number of nitrogens with one attached hydrogen (secondary N) is 1.